The maximum absolute atomic E-state index is 10.7. The van der Waals surface area contributed by atoms with Crippen LogP contribution in [-0.2, 0) is 9.63 Å². The van der Waals surface area contributed by atoms with Gasteiger partial charge in [0.15, 0.2) is 0 Å². The molecule has 0 N–H and O–H groups in total. The third-order valence-electron chi connectivity index (χ3n) is 1.35. The van der Waals surface area contributed by atoms with Crippen molar-refractivity contribution in [2.45, 2.75) is 13.3 Å². The lowest BCUT2D eigenvalue weighted by Gasteiger charge is -1.92. The molecule has 0 aliphatic heterocycles. The Balaban J connectivity index is 2.45. The Morgan fingerprint density at radius 1 is 1.62 bits per heavy atom. The molecule has 0 bridgehead atoms. The van der Waals surface area contributed by atoms with Gasteiger partial charge in [-0.05, 0) is 17.7 Å². The van der Waals surface area contributed by atoms with Crippen molar-refractivity contribution in [2.75, 3.05) is 0 Å². The lowest BCUT2D eigenvalue weighted by Crippen LogP contribution is -1.96. The summed E-state index contributed by atoms with van der Waals surface area (Å²) < 4.78 is 0. The number of hydrogen-bond acceptors (Lipinski definition) is 4. The zero-order chi connectivity index (χ0) is 9.52. The van der Waals surface area contributed by atoms with E-state index in [2.05, 4.69) is 15.0 Å². The molecule has 0 aliphatic rings. The molecule has 4 nitrogen and oxygen atoms in total. The number of aromatic nitrogens is 1. The maximum atomic E-state index is 10.7. The summed E-state index contributed by atoms with van der Waals surface area (Å²) in [5.41, 5.74) is 0.846. The van der Waals surface area contributed by atoms with Gasteiger partial charge in [-0.2, -0.15) is 0 Å². The summed E-state index contributed by atoms with van der Waals surface area (Å²) in [5, 5.41) is 3.51. The molecule has 0 amide bonds. The zero-order valence-electron chi connectivity index (χ0n) is 7.30. The highest BCUT2D eigenvalue weighted by Crippen LogP contribution is 1.92. The van der Waals surface area contributed by atoms with Crippen LogP contribution < -0.4 is 0 Å². The third-order valence-corrected chi connectivity index (χ3v) is 1.35. The summed E-state index contributed by atoms with van der Waals surface area (Å²) in [5.74, 6) is -0.342. The second kappa shape index (κ2) is 5.03. The predicted molar refractivity (Wildman–Crippen MR) is 48.2 cm³/mol. The first kappa shape index (κ1) is 9.38. The molecule has 1 rings (SSSR count). The maximum Gasteiger partial charge on any atom is 0.334 e. The zero-order valence-corrected chi connectivity index (χ0v) is 7.30. The van der Waals surface area contributed by atoms with Gasteiger partial charge in [0.1, 0.15) is 0 Å². The molecule has 4 heteroatoms. The number of rotatable bonds is 3. The summed E-state index contributed by atoms with van der Waals surface area (Å²) in [6.07, 6.45) is 5.08. The van der Waals surface area contributed by atoms with Gasteiger partial charge in [0, 0.05) is 18.8 Å². The number of oxime groups is 1. The van der Waals surface area contributed by atoms with E-state index in [1.54, 1.807) is 31.5 Å². The molecule has 0 saturated carbocycles. The van der Waals surface area contributed by atoms with Gasteiger partial charge in [0.2, 0.25) is 0 Å². The first-order valence-electron chi connectivity index (χ1n) is 3.96. The van der Waals surface area contributed by atoms with Crippen LogP contribution in [0.5, 0.6) is 0 Å². The molecule has 1 aromatic rings. The highest BCUT2D eigenvalue weighted by molar-refractivity contribution is 5.79. The Morgan fingerprint density at radius 3 is 2.92 bits per heavy atom. The lowest BCUT2D eigenvalue weighted by molar-refractivity contribution is -0.143. The Hall–Kier alpha value is -1.71. The van der Waals surface area contributed by atoms with Gasteiger partial charge < -0.3 is 4.84 Å². The van der Waals surface area contributed by atoms with E-state index in [1.165, 1.54) is 6.21 Å². The highest BCUT2D eigenvalue weighted by atomic mass is 16.7. The second-order valence-corrected chi connectivity index (χ2v) is 2.33. The number of pyridine rings is 1. The summed E-state index contributed by atoms with van der Waals surface area (Å²) >= 11 is 0. The van der Waals surface area contributed by atoms with E-state index in [0.29, 0.717) is 6.42 Å². The van der Waals surface area contributed by atoms with Gasteiger partial charge >= 0.3 is 5.97 Å². The van der Waals surface area contributed by atoms with Crippen LogP contribution in [0.4, 0.5) is 0 Å². The van der Waals surface area contributed by atoms with Gasteiger partial charge in [0.25, 0.3) is 0 Å². The molecule has 0 aromatic carbocycles. The fourth-order valence-corrected chi connectivity index (χ4v) is 0.660. The number of hydrogen-bond donors (Lipinski definition) is 0. The quantitative estimate of drug-likeness (QED) is 0.399. The van der Waals surface area contributed by atoms with Crippen molar-refractivity contribution in [3.05, 3.63) is 30.1 Å². The molecule has 13 heavy (non-hydrogen) atoms. The van der Waals surface area contributed by atoms with Crippen molar-refractivity contribution in [3.63, 3.8) is 0 Å². The van der Waals surface area contributed by atoms with E-state index in [4.69, 9.17) is 0 Å². The van der Waals surface area contributed by atoms with Gasteiger partial charge in [-0.3, -0.25) is 4.98 Å². The van der Waals surface area contributed by atoms with E-state index < -0.39 is 0 Å². The minimum Gasteiger partial charge on any atom is -0.318 e. The minimum atomic E-state index is -0.342. The number of nitrogens with zero attached hydrogens (tertiary/aromatic N) is 2. The molecule has 0 aliphatic carbocycles. The fourth-order valence-electron chi connectivity index (χ4n) is 0.660. The van der Waals surface area contributed by atoms with Crippen LogP contribution in [0.1, 0.15) is 18.9 Å². The Labute approximate surface area is 76.2 Å². The van der Waals surface area contributed by atoms with E-state index in [9.17, 15) is 4.79 Å². The normalized spacial score (nSPS) is 10.2. The Kier molecular flexibility index (Phi) is 3.63. The molecular formula is C9H10N2O2. The van der Waals surface area contributed by atoms with Gasteiger partial charge in [-0.1, -0.05) is 12.1 Å². The van der Waals surface area contributed by atoms with Crippen molar-refractivity contribution in [1.82, 2.24) is 4.98 Å². The van der Waals surface area contributed by atoms with Crippen LogP contribution in [-0.4, -0.2) is 17.2 Å². The number of carbonyl (C=O) groups is 1. The molecule has 1 heterocycles. The van der Waals surface area contributed by atoms with Crippen molar-refractivity contribution < 1.29 is 9.63 Å². The van der Waals surface area contributed by atoms with Gasteiger partial charge in [0.05, 0.1) is 6.21 Å². The van der Waals surface area contributed by atoms with E-state index in [1.807, 2.05) is 0 Å². The van der Waals surface area contributed by atoms with Crippen molar-refractivity contribution in [3.8, 4) is 0 Å². The van der Waals surface area contributed by atoms with Crippen molar-refractivity contribution in [2.24, 2.45) is 5.16 Å². The molecule has 0 unspecified atom stereocenters. The largest absolute Gasteiger partial charge is 0.334 e. The second-order valence-electron chi connectivity index (χ2n) is 2.33. The molecule has 0 atom stereocenters. The van der Waals surface area contributed by atoms with E-state index >= 15 is 0 Å². The summed E-state index contributed by atoms with van der Waals surface area (Å²) in [6, 6.07) is 3.53. The smallest absolute Gasteiger partial charge is 0.318 e. The standard InChI is InChI=1S/C9H10N2O2/c1-2-9(12)13-11-7-8-3-5-10-6-4-8/h3-7H,2H2,1H3/b11-7+. The Bertz CT molecular complexity index is 296. The van der Waals surface area contributed by atoms with Crippen LogP contribution in [0.3, 0.4) is 0 Å². The SMILES string of the molecule is CCC(=O)O/N=C/c1ccncc1. The average Bonchev–Trinajstić information content (AvgIpc) is 2.19. The molecule has 1 aromatic heterocycles. The van der Waals surface area contributed by atoms with Crippen LogP contribution in [0.2, 0.25) is 0 Å². The lowest BCUT2D eigenvalue weighted by atomic mass is 10.3. The molecule has 0 fully saturated rings. The van der Waals surface area contributed by atoms with Crippen molar-refractivity contribution in [1.29, 1.82) is 0 Å². The molecule has 0 saturated heterocycles. The van der Waals surface area contributed by atoms with Crippen LogP contribution in [0, 0.1) is 0 Å². The molecule has 68 valence electrons. The summed E-state index contributed by atoms with van der Waals surface area (Å²) in [7, 11) is 0. The first-order valence-corrected chi connectivity index (χ1v) is 3.96. The third kappa shape index (κ3) is 3.46. The minimum absolute atomic E-state index is 0.327. The topological polar surface area (TPSA) is 51.5 Å². The monoisotopic (exact) mass is 178 g/mol. The van der Waals surface area contributed by atoms with E-state index in [0.717, 1.165) is 5.56 Å². The summed E-state index contributed by atoms with van der Waals surface area (Å²) in [4.78, 5) is 19.0. The first-order chi connectivity index (χ1) is 6.33. The number of carbonyl (C=O) groups excluding carboxylic acids is 1. The van der Waals surface area contributed by atoms with Gasteiger partial charge in [-0.15, -0.1) is 0 Å². The van der Waals surface area contributed by atoms with Gasteiger partial charge in [-0.25, -0.2) is 4.79 Å². The van der Waals surface area contributed by atoms with Crippen LogP contribution in [0.15, 0.2) is 29.7 Å². The predicted octanol–water partition coefficient (Wildman–Crippen LogP) is 1.37. The highest BCUT2D eigenvalue weighted by Gasteiger charge is 1.94. The summed E-state index contributed by atoms with van der Waals surface area (Å²) in [6.45, 7) is 1.71. The molecule has 0 radical (unpaired) electrons. The Morgan fingerprint density at radius 2 is 2.31 bits per heavy atom. The van der Waals surface area contributed by atoms with Crippen LogP contribution in [0.25, 0.3) is 0 Å². The molecule has 0 spiro atoms. The van der Waals surface area contributed by atoms with Crippen LogP contribution >= 0.6 is 0 Å². The molecular weight excluding hydrogens is 168 g/mol. The average molecular weight is 178 g/mol. The van der Waals surface area contributed by atoms with E-state index in [-0.39, 0.29) is 5.97 Å². The fraction of sp³-hybridized carbons (Fsp3) is 0.222. The van der Waals surface area contributed by atoms with Crippen molar-refractivity contribution >= 4 is 12.2 Å².